The lowest BCUT2D eigenvalue weighted by Gasteiger charge is -2.31. The molecule has 3 heterocycles. The van der Waals surface area contributed by atoms with Crippen LogP contribution in [-0.2, 0) is 23.9 Å². The third-order valence-corrected chi connectivity index (χ3v) is 9.77. The molecule has 2 saturated heterocycles. The molecule has 5 atom stereocenters. The Hall–Kier alpha value is -3.71. The zero-order chi connectivity index (χ0) is 34.1. The van der Waals surface area contributed by atoms with E-state index in [0.29, 0.717) is 25.9 Å². The van der Waals surface area contributed by atoms with Gasteiger partial charge in [0.2, 0.25) is 17.7 Å². The molecule has 3 N–H and O–H groups in total. The lowest BCUT2D eigenvalue weighted by atomic mass is 9.92. The molecule has 0 aromatic heterocycles. The maximum Gasteiger partial charge on any atom is 0.410 e. The molecule has 5 rings (SSSR count). The molecule has 0 unspecified atom stereocenters. The summed E-state index contributed by atoms with van der Waals surface area (Å²) in [5.41, 5.74) is -0.120. The Balaban J connectivity index is 1.39. The summed E-state index contributed by atoms with van der Waals surface area (Å²) in [5, 5.41) is 15.1. The Morgan fingerprint density at radius 2 is 1.87 bits per heavy atom. The van der Waals surface area contributed by atoms with Gasteiger partial charge in [-0.3, -0.25) is 9.59 Å². The molecule has 260 valence electrons. The monoisotopic (exact) mass is 664 g/mol. The number of ether oxygens (including phenoxy) is 2. The van der Waals surface area contributed by atoms with E-state index in [1.165, 1.54) is 5.57 Å². The summed E-state index contributed by atoms with van der Waals surface area (Å²) in [6, 6.07) is -2.73. The second-order valence-corrected chi connectivity index (χ2v) is 14.5. The first-order valence-electron chi connectivity index (χ1n) is 16.6. The summed E-state index contributed by atoms with van der Waals surface area (Å²) in [7, 11) is 0. The second-order valence-electron chi connectivity index (χ2n) is 14.5. The van der Waals surface area contributed by atoms with Crippen molar-refractivity contribution in [2.24, 2.45) is 5.92 Å². The SMILES string of the molecule is CC(C)(C)OC(=O)N[C@H]1CCC(F)(F)CCCC[C@@H]2C[C@@]2(C(=O)O)NC(=O)[C@@H]2C[C@@H](OC(=O)N3CCC4=C(C=CCC4)C3)CN2C1=O. The van der Waals surface area contributed by atoms with Crippen molar-refractivity contribution in [3.8, 4) is 0 Å². The quantitative estimate of drug-likeness (QED) is 0.404. The van der Waals surface area contributed by atoms with Crippen LogP contribution in [0.5, 0.6) is 0 Å². The molecule has 47 heavy (non-hydrogen) atoms. The van der Waals surface area contributed by atoms with Gasteiger partial charge in [-0.1, -0.05) is 24.1 Å². The molecule has 0 aromatic carbocycles. The Kier molecular flexibility index (Phi) is 9.89. The fourth-order valence-electron chi connectivity index (χ4n) is 7.13. The number of rotatable bonds is 3. The van der Waals surface area contributed by atoms with Gasteiger partial charge in [-0.15, -0.1) is 0 Å². The summed E-state index contributed by atoms with van der Waals surface area (Å²) < 4.78 is 41.1. The van der Waals surface area contributed by atoms with E-state index in [1.807, 2.05) is 6.08 Å². The first-order chi connectivity index (χ1) is 22.1. The van der Waals surface area contributed by atoms with E-state index in [0.717, 1.165) is 29.7 Å². The minimum absolute atomic E-state index is 0.124. The van der Waals surface area contributed by atoms with Gasteiger partial charge in [0, 0.05) is 32.4 Å². The number of fused-ring (bicyclic) bond motifs is 2. The number of carbonyl (C=O) groups excluding carboxylic acids is 4. The average Bonchev–Trinajstić information content (AvgIpc) is 3.53. The molecule has 3 aliphatic heterocycles. The molecule has 0 bridgehead atoms. The van der Waals surface area contributed by atoms with Crippen molar-refractivity contribution in [2.45, 2.75) is 127 Å². The predicted molar refractivity (Wildman–Crippen MR) is 164 cm³/mol. The molecular weight excluding hydrogens is 618 g/mol. The summed E-state index contributed by atoms with van der Waals surface area (Å²) in [4.78, 5) is 68.9. The number of hydrogen-bond donors (Lipinski definition) is 3. The number of nitrogens with one attached hydrogen (secondary N) is 2. The molecule has 0 spiro atoms. The summed E-state index contributed by atoms with van der Waals surface area (Å²) in [5.74, 6) is -6.37. The number of amides is 4. The molecule has 5 aliphatic rings. The first-order valence-corrected chi connectivity index (χ1v) is 16.6. The van der Waals surface area contributed by atoms with Crippen LogP contribution in [0.15, 0.2) is 23.3 Å². The van der Waals surface area contributed by atoms with E-state index >= 15 is 0 Å². The molecule has 0 radical (unpaired) electrons. The van der Waals surface area contributed by atoms with Crippen molar-refractivity contribution in [1.82, 2.24) is 20.4 Å². The maximum atomic E-state index is 15.0. The molecule has 3 fully saturated rings. The fraction of sp³-hybridized carbons (Fsp3) is 0.727. The number of alkyl carbamates (subject to hydrolysis) is 1. The highest BCUT2D eigenvalue weighted by atomic mass is 19.3. The van der Waals surface area contributed by atoms with Gasteiger partial charge in [0.05, 0.1) is 6.54 Å². The van der Waals surface area contributed by atoms with Crippen LogP contribution in [-0.4, -0.2) is 99.8 Å². The minimum Gasteiger partial charge on any atom is -0.479 e. The fourth-order valence-corrected chi connectivity index (χ4v) is 7.13. The van der Waals surface area contributed by atoms with Gasteiger partial charge in [-0.05, 0) is 77.2 Å². The number of halogens is 2. The van der Waals surface area contributed by atoms with Gasteiger partial charge in [-0.2, -0.15) is 0 Å². The van der Waals surface area contributed by atoms with Crippen LogP contribution in [0, 0.1) is 5.92 Å². The van der Waals surface area contributed by atoms with E-state index in [4.69, 9.17) is 9.47 Å². The molecule has 4 amide bonds. The molecule has 2 aliphatic carbocycles. The van der Waals surface area contributed by atoms with Crippen molar-refractivity contribution < 1.29 is 47.3 Å². The number of carboxylic acid groups (broad SMARTS) is 1. The van der Waals surface area contributed by atoms with Gasteiger partial charge in [0.15, 0.2) is 0 Å². The van der Waals surface area contributed by atoms with Crippen molar-refractivity contribution in [3.05, 3.63) is 23.3 Å². The van der Waals surface area contributed by atoms with Crippen LogP contribution in [0.1, 0.15) is 91.4 Å². The number of allylic oxidation sites excluding steroid dienone is 1. The van der Waals surface area contributed by atoms with Crippen LogP contribution in [0.4, 0.5) is 18.4 Å². The summed E-state index contributed by atoms with van der Waals surface area (Å²) in [6.07, 6.45) is 3.44. The lowest BCUT2D eigenvalue weighted by Crippen LogP contribution is -2.56. The van der Waals surface area contributed by atoms with E-state index in [-0.39, 0.29) is 25.8 Å². The van der Waals surface area contributed by atoms with Gasteiger partial charge in [-0.25, -0.2) is 23.2 Å². The van der Waals surface area contributed by atoms with Crippen molar-refractivity contribution >= 4 is 30.0 Å². The van der Waals surface area contributed by atoms with Crippen LogP contribution < -0.4 is 10.6 Å². The molecular formula is C33H46F2N4O8. The second kappa shape index (κ2) is 13.4. The number of nitrogens with zero attached hydrogens (tertiary/aromatic N) is 2. The molecule has 1 saturated carbocycles. The first kappa shape index (κ1) is 34.6. The number of carbonyl (C=O) groups is 5. The number of hydrogen-bond acceptors (Lipinski definition) is 7. The van der Waals surface area contributed by atoms with Crippen LogP contribution in [0.3, 0.4) is 0 Å². The predicted octanol–water partition coefficient (Wildman–Crippen LogP) is 4.29. The third kappa shape index (κ3) is 8.24. The van der Waals surface area contributed by atoms with E-state index in [1.54, 1.807) is 25.7 Å². The number of carboxylic acids is 1. The highest BCUT2D eigenvalue weighted by Crippen LogP contribution is 2.48. The Bertz CT molecular complexity index is 1340. The number of aliphatic carboxylic acids is 1. The van der Waals surface area contributed by atoms with Gasteiger partial charge in [0.1, 0.15) is 29.3 Å². The maximum absolute atomic E-state index is 15.0. The largest absolute Gasteiger partial charge is 0.479 e. The lowest BCUT2D eigenvalue weighted by molar-refractivity contribution is -0.146. The standard InChI is InChI=1S/C33H46F2N4O8/c1-31(2,3)47-29(44)36-24-11-14-32(34,35)13-7-6-10-22-17-33(22,28(42)43)37-26(40)25-16-23(19-39(25)27(24)41)46-30(45)38-15-12-20-8-4-5-9-21(20)18-38/h5,9,22-25H,4,6-8,10-19H2,1-3H3,(H,36,44)(H,37,40)(H,42,43)/t22-,23-,24+,25+,33-/m1/s1. The van der Waals surface area contributed by atoms with Gasteiger partial charge in [0.25, 0.3) is 0 Å². The van der Waals surface area contributed by atoms with Crippen LogP contribution in [0.2, 0.25) is 0 Å². The van der Waals surface area contributed by atoms with Crippen molar-refractivity contribution in [2.75, 3.05) is 19.6 Å². The van der Waals surface area contributed by atoms with E-state index < -0.39 is 90.4 Å². The summed E-state index contributed by atoms with van der Waals surface area (Å²) in [6.45, 7) is 5.45. The van der Waals surface area contributed by atoms with Crippen molar-refractivity contribution in [3.63, 3.8) is 0 Å². The molecule has 14 heteroatoms. The number of alkyl halides is 2. The van der Waals surface area contributed by atoms with Crippen LogP contribution >= 0.6 is 0 Å². The van der Waals surface area contributed by atoms with Crippen molar-refractivity contribution in [1.29, 1.82) is 0 Å². The Morgan fingerprint density at radius 3 is 2.60 bits per heavy atom. The minimum atomic E-state index is -3.14. The summed E-state index contributed by atoms with van der Waals surface area (Å²) >= 11 is 0. The van der Waals surface area contributed by atoms with Gasteiger partial charge >= 0.3 is 18.2 Å². The third-order valence-electron chi connectivity index (χ3n) is 9.77. The Labute approximate surface area is 273 Å². The van der Waals surface area contributed by atoms with Crippen LogP contribution in [0.25, 0.3) is 0 Å². The highest BCUT2D eigenvalue weighted by molar-refractivity contribution is 5.96. The molecule has 0 aromatic rings. The van der Waals surface area contributed by atoms with E-state index in [9.17, 15) is 37.9 Å². The molecule has 12 nitrogen and oxygen atoms in total. The average molecular weight is 665 g/mol. The highest BCUT2D eigenvalue weighted by Gasteiger charge is 2.62. The van der Waals surface area contributed by atoms with Gasteiger partial charge < -0.3 is 35.0 Å². The Morgan fingerprint density at radius 1 is 1.11 bits per heavy atom. The van der Waals surface area contributed by atoms with E-state index in [2.05, 4.69) is 16.7 Å². The zero-order valence-corrected chi connectivity index (χ0v) is 27.3. The zero-order valence-electron chi connectivity index (χ0n) is 27.3. The smallest absolute Gasteiger partial charge is 0.410 e. The normalized spacial score (nSPS) is 31.3. The topological polar surface area (TPSA) is 155 Å².